The SMILES string of the molecule is Cc1ccc(S(=O)(=O)NC(C(=O)Oc2cc(C)cc3oc(=O)c4c(c23)CCCC4)c2ccccc2)cc1. The molecule has 8 heteroatoms. The Hall–Kier alpha value is -3.75. The fourth-order valence-corrected chi connectivity index (χ4v) is 5.93. The van der Waals surface area contributed by atoms with Gasteiger partial charge >= 0.3 is 11.6 Å². The second kappa shape index (κ2) is 9.95. The standard InChI is InChI=1S/C29H27NO6S/c1-18-12-14-21(15-13-18)37(33,34)30-27(20-8-4-3-5-9-20)29(32)36-25-17-19(2)16-24-26(25)22-10-6-7-11-23(22)28(31)35-24/h3-5,8-9,12-17,27,30H,6-7,10-11H2,1-2H3. The summed E-state index contributed by atoms with van der Waals surface area (Å²) in [5, 5.41) is 0.585. The van der Waals surface area contributed by atoms with E-state index >= 15 is 0 Å². The van der Waals surface area contributed by atoms with Crippen LogP contribution in [0.25, 0.3) is 11.0 Å². The largest absolute Gasteiger partial charge is 0.424 e. The predicted molar refractivity (Wildman–Crippen MR) is 140 cm³/mol. The molecule has 1 atom stereocenters. The van der Waals surface area contributed by atoms with Gasteiger partial charge in [0, 0.05) is 5.56 Å². The molecule has 0 saturated carbocycles. The van der Waals surface area contributed by atoms with Gasteiger partial charge in [0.1, 0.15) is 17.4 Å². The summed E-state index contributed by atoms with van der Waals surface area (Å²) < 4.78 is 40.4. The minimum absolute atomic E-state index is 0.0451. The highest BCUT2D eigenvalue weighted by molar-refractivity contribution is 7.89. The first-order chi connectivity index (χ1) is 17.7. The molecular formula is C29H27NO6S. The minimum atomic E-state index is -4.04. The average molecular weight is 518 g/mol. The van der Waals surface area contributed by atoms with Crippen molar-refractivity contribution in [3.8, 4) is 5.75 Å². The second-order valence-electron chi connectivity index (χ2n) is 9.39. The van der Waals surface area contributed by atoms with E-state index < -0.39 is 22.0 Å². The van der Waals surface area contributed by atoms with Crippen LogP contribution in [-0.4, -0.2) is 14.4 Å². The zero-order valence-electron chi connectivity index (χ0n) is 20.6. The molecule has 5 rings (SSSR count). The zero-order chi connectivity index (χ0) is 26.2. The molecule has 1 N–H and O–H groups in total. The van der Waals surface area contributed by atoms with Crippen LogP contribution in [0.3, 0.4) is 0 Å². The number of fused-ring (bicyclic) bond motifs is 3. The molecule has 1 aliphatic carbocycles. The van der Waals surface area contributed by atoms with Crippen molar-refractivity contribution in [2.24, 2.45) is 0 Å². The van der Waals surface area contributed by atoms with E-state index in [2.05, 4.69) is 4.72 Å². The number of sulfonamides is 1. The predicted octanol–water partition coefficient (Wildman–Crippen LogP) is 4.91. The molecule has 190 valence electrons. The Balaban J connectivity index is 1.57. The van der Waals surface area contributed by atoms with E-state index in [1.54, 1.807) is 54.6 Å². The fourth-order valence-electron chi connectivity index (χ4n) is 4.75. The van der Waals surface area contributed by atoms with Gasteiger partial charge in [-0.2, -0.15) is 4.72 Å². The molecule has 4 aromatic rings. The van der Waals surface area contributed by atoms with E-state index in [0.717, 1.165) is 29.5 Å². The van der Waals surface area contributed by atoms with Crippen LogP contribution in [0.5, 0.6) is 5.75 Å². The van der Waals surface area contributed by atoms with E-state index in [-0.39, 0.29) is 16.3 Å². The molecule has 1 heterocycles. The quantitative estimate of drug-likeness (QED) is 0.221. The van der Waals surface area contributed by atoms with Crippen LogP contribution < -0.4 is 15.1 Å². The van der Waals surface area contributed by atoms with Crippen molar-refractivity contribution in [1.82, 2.24) is 4.72 Å². The van der Waals surface area contributed by atoms with Gasteiger partial charge in [0.15, 0.2) is 0 Å². The number of carbonyl (C=O) groups excluding carboxylic acids is 1. The van der Waals surface area contributed by atoms with E-state index in [1.807, 2.05) is 13.8 Å². The molecule has 1 aliphatic rings. The number of aryl methyl sites for hydroxylation is 3. The number of hydrogen-bond donors (Lipinski definition) is 1. The molecular weight excluding hydrogens is 490 g/mol. The molecule has 0 aliphatic heterocycles. The van der Waals surface area contributed by atoms with Crippen molar-refractivity contribution >= 4 is 27.0 Å². The Morgan fingerprint density at radius 2 is 1.59 bits per heavy atom. The van der Waals surface area contributed by atoms with E-state index in [9.17, 15) is 18.0 Å². The first-order valence-corrected chi connectivity index (χ1v) is 13.7. The van der Waals surface area contributed by atoms with Gasteiger partial charge in [-0.25, -0.2) is 18.0 Å². The summed E-state index contributed by atoms with van der Waals surface area (Å²) in [6.45, 7) is 3.67. The van der Waals surface area contributed by atoms with Crippen LogP contribution >= 0.6 is 0 Å². The first-order valence-electron chi connectivity index (χ1n) is 12.2. The number of carbonyl (C=O) groups is 1. The first kappa shape index (κ1) is 24.9. The molecule has 1 aromatic heterocycles. The smallest absolute Gasteiger partial charge is 0.339 e. The maximum Gasteiger partial charge on any atom is 0.339 e. The molecule has 0 saturated heterocycles. The molecule has 37 heavy (non-hydrogen) atoms. The Morgan fingerprint density at radius 3 is 2.30 bits per heavy atom. The van der Waals surface area contributed by atoms with Crippen LogP contribution in [0.1, 0.15) is 46.7 Å². The van der Waals surface area contributed by atoms with Crippen molar-refractivity contribution < 1.29 is 22.4 Å². The van der Waals surface area contributed by atoms with Crippen LogP contribution in [0.4, 0.5) is 0 Å². The van der Waals surface area contributed by atoms with Gasteiger partial charge in [0.25, 0.3) is 0 Å². The summed E-state index contributed by atoms with van der Waals surface area (Å²) in [6.07, 6.45) is 3.09. The lowest BCUT2D eigenvalue weighted by atomic mass is 9.90. The summed E-state index contributed by atoms with van der Waals surface area (Å²) in [7, 11) is -4.04. The Bertz CT molecular complexity index is 1640. The third-order valence-electron chi connectivity index (χ3n) is 6.61. The van der Waals surface area contributed by atoms with Crippen molar-refractivity contribution in [2.75, 3.05) is 0 Å². The van der Waals surface area contributed by atoms with Gasteiger partial charge in [-0.1, -0.05) is 48.0 Å². The molecule has 3 aromatic carbocycles. The monoisotopic (exact) mass is 517 g/mol. The summed E-state index contributed by atoms with van der Waals surface area (Å²) in [4.78, 5) is 26.2. The third kappa shape index (κ3) is 5.08. The van der Waals surface area contributed by atoms with Gasteiger partial charge in [-0.05, 0) is 80.5 Å². The van der Waals surface area contributed by atoms with Crippen LogP contribution in [0.2, 0.25) is 0 Å². The van der Waals surface area contributed by atoms with Gasteiger partial charge in [0.2, 0.25) is 10.0 Å². The summed E-state index contributed by atoms with van der Waals surface area (Å²) >= 11 is 0. The molecule has 0 fully saturated rings. The summed E-state index contributed by atoms with van der Waals surface area (Å²) in [5.41, 5.74) is 3.53. The molecule has 0 spiro atoms. The lowest BCUT2D eigenvalue weighted by Gasteiger charge is -2.21. The lowest BCUT2D eigenvalue weighted by molar-refractivity contribution is -0.136. The Labute approximate surface area is 215 Å². The maximum absolute atomic E-state index is 13.6. The molecule has 7 nitrogen and oxygen atoms in total. The highest BCUT2D eigenvalue weighted by Crippen LogP contribution is 2.35. The number of nitrogens with one attached hydrogen (secondary N) is 1. The lowest BCUT2D eigenvalue weighted by Crippen LogP contribution is -2.36. The zero-order valence-corrected chi connectivity index (χ0v) is 21.4. The molecule has 0 amide bonds. The topological polar surface area (TPSA) is 103 Å². The van der Waals surface area contributed by atoms with Gasteiger partial charge in [-0.3, -0.25) is 0 Å². The number of rotatable bonds is 6. The summed E-state index contributed by atoms with van der Waals surface area (Å²) in [5.74, 6) is -0.540. The normalized spacial score (nSPS) is 14.2. The second-order valence-corrected chi connectivity index (χ2v) is 11.1. The van der Waals surface area contributed by atoms with Crippen molar-refractivity contribution in [1.29, 1.82) is 0 Å². The van der Waals surface area contributed by atoms with Crippen LogP contribution in [0.15, 0.2) is 80.8 Å². The Kier molecular flexibility index (Phi) is 6.70. The van der Waals surface area contributed by atoms with Crippen LogP contribution in [0, 0.1) is 13.8 Å². The van der Waals surface area contributed by atoms with E-state index in [4.69, 9.17) is 9.15 Å². The number of ether oxygens (including phenoxy) is 1. The fraction of sp³-hybridized carbons (Fsp3) is 0.241. The highest BCUT2D eigenvalue weighted by Gasteiger charge is 2.30. The average Bonchev–Trinajstić information content (AvgIpc) is 2.88. The number of hydrogen-bond acceptors (Lipinski definition) is 6. The number of esters is 1. The van der Waals surface area contributed by atoms with Crippen molar-refractivity contribution in [2.45, 2.75) is 50.5 Å². The van der Waals surface area contributed by atoms with Gasteiger partial charge in [-0.15, -0.1) is 0 Å². The van der Waals surface area contributed by atoms with Crippen molar-refractivity contribution in [3.05, 3.63) is 105 Å². The van der Waals surface area contributed by atoms with Crippen molar-refractivity contribution in [3.63, 3.8) is 0 Å². The molecule has 0 bridgehead atoms. The minimum Gasteiger partial charge on any atom is -0.424 e. The van der Waals surface area contributed by atoms with Gasteiger partial charge in [0.05, 0.1) is 10.3 Å². The maximum atomic E-state index is 13.6. The van der Waals surface area contributed by atoms with Gasteiger partial charge < -0.3 is 9.15 Å². The molecule has 1 unspecified atom stereocenters. The third-order valence-corrected chi connectivity index (χ3v) is 8.05. The number of benzene rings is 3. The highest BCUT2D eigenvalue weighted by atomic mass is 32.2. The van der Waals surface area contributed by atoms with E-state index in [0.29, 0.717) is 34.9 Å². The van der Waals surface area contributed by atoms with E-state index in [1.165, 1.54) is 12.1 Å². The summed E-state index contributed by atoms with van der Waals surface area (Å²) in [6, 6.07) is 17.1. The van der Waals surface area contributed by atoms with Crippen LogP contribution in [-0.2, 0) is 27.7 Å². The molecule has 0 radical (unpaired) electrons. The Morgan fingerprint density at radius 1 is 0.919 bits per heavy atom.